The summed E-state index contributed by atoms with van der Waals surface area (Å²) in [5.74, 6) is -0.232. The molecule has 9 heteroatoms. The molecule has 0 fully saturated rings. The van der Waals surface area contributed by atoms with Crippen LogP contribution in [0.15, 0.2) is 12.4 Å². The Kier molecular flexibility index (Phi) is 3.03. The number of H-pyrrole nitrogens is 1. The van der Waals surface area contributed by atoms with Crippen molar-refractivity contribution >= 4 is 51.6 Å². The highest BCUT2D eigenvalue weighted by Gasteiger charge is 2.14. The number of carbonyl (C=O) groups excluding carboxylic acids is 1. The van der Waals surface area contributed by atoms with Gasteiger partial charge in [0, 0.05) is 10.6 Å². The van der Waals surface area contributed by atoms with E-state index in [-0.39, 0.29) is 17.0 Å². The number of anilines is 2. The summed E-state index contributed by atoms with van der Waals surface area (Å²) in [5, 5.41) is 2.78. The summed E-state index contributed by atoms with van der Waals surface area (Å²) in [5.41, 5.74) is 7.22. The van der Waals surface area contributed by atoms with Crippen molar-refractivity contribution in [1.82, 2.24) is 19.9 Å². The van der Waals surface area contributed by atoms with Gasteiger partial charge < -0.3 is 10.7 Å². The van der Waals surface area contributed by atoms with Crippen LogP contribution >= 0.6 is 22.9 Å². The lowest BCUT2D eigenvalue weighted by Gasteiger charge is -2.02. The molecule has 3 rings (SSSR count). The number of imidazole rings is 1. The number of aromatic amines is 1. The lowest BCUT2D eigenvalue weighted by Crippen LogP contribution is -2.13. The highest BCUT2D eigenvalue weighted by atomic mass is 35.5. The molecule has 7 nitrogen and oxygen atoms in total. The minimum Gasteiger partial charge on any atom is -0.398 e. The minimum absolute atomic E-state index is 0.101. The van der Waals surface area contributed by atoms with Crippen molar-refractivity contribution < 1.29 is 4.79 Å². The van der Waals surface area contributed by atoms with Crippen molar-refractivity contribution in [3.63, 3.8) is 0 Å². The smallest absolute Gasteiger partial charge is 0.268 e. The first kappa shape index (κ1) is 12.8. The fourth-order valence-corrected chi connectivity index (χ4v) is 2.68. The summed E-state index contributed by atoms with van der Waals surface area (Å²) in [6.45, 7) is 1.85. The Morgan fingerprint density at radius 3 is 3.00 bits per heavy atom. The van der Waals surface area contributed by atoms with Crippen LogP contribution in [0.5, 0.6) is 0 Å². The molecule has 3 heterocycles. The third kappa shape index (κ3) is 2.19. The van der Waals surface area contributed by atoms with Gasteiger partial charge in [-0.3, -0.25) is 10.1 Å². The fourth-order valence-electron chi connectivity index (χ4n) is 1.62. The number of nitrogens with two attached hydrogens (primary N) is 1. The van der Waals surface area contributed by atoms with Crippen molar-refractivity contribution in [2.45, 2.75) is 6.92 Å². The first-order valence-electron chi connectivity index (χ1n) is 5.58. The number of nitrogen functional groups attached to an aromatic ring is 1. The summed E-state index contributed by atoms with van der Waals surface area (Å²) in [6, 6.07) is 1.62. The Morgan fingerprint density at radius 2 is 2.30 bits per heavy atom. The average molecular weight is 309 g/mol. The average Bonchev–Trinajstić information content (AvgIpc) is 2.97. The van der Waals surface area contributed by atoms with Gasteiger partial charge in [0.25, 0.3) is 5.91 Å². The van der Waals surface area contributed by atoms with Gasteiger partial charge in [-0.1, -0.05) is 11.6 Å². The number of nitrogens with one attached hydrogen (secondary N) is 2. The zero-order valence-corrected chi connectivity index (χ0v) is 11.8. The van der Waals surface area contributed by atoms with Gasteiger partial charge in [-0.05, 0) is 13.0 Å². The van der Waals surface area contributed by atoms with E-state index in [1.807, 2.05) is 6.92 Å². The Labute approximate surface area is 122 Å². The largest absolute Gasteiger partial charge is 0.398 e. The number of rotatable bonds is 2. The van der Waals surface area contributed by atoms with E-state index >= 15 is 0 Å². The van der Waals surface area contributed by atoms with E-state index in [2.05, 4.69) is 25.3 Å². The number of halogens is 1. The summed E-state index contributed by atoms with van der Waals surface area (Å²) in [7, 11) is 0. The number of fused-ring (bicyclic) bond motifs is 1. The molecule has 1 amide bonds. The summed E-state index contributed by atoms with van der Waals surface area (Å²) in [6.07, 6.45) is 1.46. The monoisotopic (exact) mass is 308 g/mol. The number of aryl methyl sites for hydroxylation is 1. The Hall–Kier alpha value is -2.19. The van der Waals surface area contributed by atoms with Gasteiger partial charge >= 0.3 is 0 Å². The van der Waals surface area contributed by atoms with Crippen molar-refractivity contribution in [3.05, 3.63) is 27.3 Å². The lowest BCUT2D eigenvalue weighted by molar-refractivity contribution is 0.102. The van der Waals surface area contributed by atoms with Crippen molar-refractivity contribution in [2.75, 3.05) is 11.1 Å². The van der Waals surface area contributed by atoms with Gasteiger partial charge in [-0.15, -0.1) is 11.3 Å². The molecule has 102 valence electrons. The topological polar surface area (TPSA) is 110 Å². The molecule has 0 saturated carbocycles. The van der Waals surface area contributed by atoms with Gasteiger partial charge in [-0.2, -0.15) is 9.97 Å². The molecule has 20 heavy (non-hydrogen) atoms. The van der Waals surface area contributed by atoms with E-state index in [1.54, 1.807) is 6.07 Å². The van der Waals surface area contributed by atoms with E-state index in [1.165, 1.54) is 17.7 Å². The highest BCUT2D eigenvalue weighted by Crippen LogP contribution is 2.24. The SMILES string of the molecule is Cc1sc(C(=O)Nc2nc(Cl)c3[nH]cnc3n2)cc1N. The molecule has 4 N–H and O–H groups in total. The third-order valence-corrected chi connectivity index (χ3v) is 3.99. The maximum absolute atomic E-state index is 12.1. The summed E-state index contributed by atoms with van der Waals surface area (Å²) >= 11 is 7.28. The molecule has 0 spiro atoms. The van der Waals surface area contributed by atoms with Crippen LogP contribution in [0, 0.1) is 6.92 Å². The molecule has 3 aromatic heterocycles. The molecule has 3 aromatic rings. The van der Waals surface area contributed by atoms with E-state index in [0.29, 0.717) is 21.7 Å². The van der Waals surface area contributed by atoms with Crippen LogP contribution in [-0.2, 0) is 0 Å². The second kappa shape index (κ2) is 4.73. The fraction of sp³-hybridized carbons (Fsp3) is 0.0909. The van der Waals surface area contributed by atoms with Gasteiger partial charge in [0.05, 0.1) is 11.2 Å². The second-order valence-corrected chi connectivity index (χ2v) is 5.63. The number of thiophene rings is 1. The van der Waals surface area contributed by atoms with E-state index in [0.717, 1.165) is 4.88 Å². The van der Waals surface area contributed by atoms with Gasteiger partial charge in [0.1, 0.15) is 5.52 Å². The zero-order valence-electron chi connectivity index (χ0n) is 10.3. The number of carbonyl (C=O) groups is 1. The first-order valence-corrected chi connectivity index (χ1v) is 6.78. The summed E-state index contributed by atoms with van der Waals surface area (Å²) < 4.78 is 0. The van der Waals surface area contributed by atoms with Crippen molar-refractivity contribution in [1.29, 1.82) is 0 Å². The van der Waals surface area contributed by atoms with Crippen LogP contribution in [0.3, 0.4) is 0 Å². The number of amides is 1. The van der Waals surface area contributed by atoms with E-state index < -0.39 is 0 Å². The van der Waals surface area contributed by atoms with Crippen LogP contribution in [-0.4, -0.2) is 25.8 Å². The second-order valence-electron chi connectivity index (χ2n) is 4.02. The first-order chi connectivity index (χ1) is 9.54. The number of hydrogen-bond donors (Lipinski definition) is 3. The molecule has 0 saturated heterocycles. The zero-order chi connectivity index (χ0) is 14.3. The van der Waals surface area contributed by atoms with Crippen LogP contribution in [0.4, 0.5) is 11.6 Å². The quantitative estimate of drug-likeness (QED) is 0.629. The number of hydrogen-bond acceptors (Lipinski definition) is 6. The highest BCUT2D eigenvalue weighted by molar-refractivity contribution is 7.14. The van der Waals surface area contributed by atoms with Crippen LogP contribution in [0.1, 0.15) is 14.5 Å². The maximum Gasteiger partial charge on any atom is 0.268 e. The molecule has 0 aliphatic carbocycles. The number of aromatic nitrogens is 4. The number of nitrogens with zero attached hydrogens (tertiary/aromatic N) is 3. The van der Waals surface area contributed by atoms with Gasteiger partial charge in [0.2, 0.25) is 5.95 Å². The van der Waals surface area contributed by atoms with Crippen LogP contribution in [0.25, 0.3) is 11.2 Å². The van der Waals surface area contributed by atoms with Gasteiger partial charge in [-0.25, -0.2) is 4.98 Å². The van der Waals surface area contributed by atoms with E-state index in [9.17, 15) is 4.79 Å². The van der Waals surface area contributed by atoms with Gasteiger partial charge in [0.15, 0.2) is 10.8 Å². The molecule has 0 atom stereocenters. The lowest BCUT2D eigenvalue weighted by atomic mass is 10.3. The molecule has 0 radical (unpaired) electrons. The standard InChI is InChI=1S/C11H9ClN6OS/c1-4-5(13)2-6(20-4)10(19)18-11-16-8(12)7-9(17-11)15-3-14-7/h2-3H,13H2,1H3,(H2,14,15,16,17,18,19). The maximum atomic E-state index is 12.1. The minimum atomic E-state index is -0.333. The molecule has 0 aliphatic rings. The molecular formula is C11H9ClN6OS. The molecular weight excluding hydrogens is 300 g/mol. The Morgan fingerprint density at radius 1 is 1.50 bits per heavy atom. The molecule has 0 bridgehead atoms. The molecule has 0 unspecified atom stereocenters. The van der Waals surface area contributed by atoms with Crippen molar-refractivity contribution in [3.8, 4) is 0 Å². The molecule has 0 aliphatic heterocycles. The Bertz CT molecular complexity index is 791. The normalized spacial score (nSPS) is 10.9. The van der Waals surface area contributed by atoms with E-state index in [4.69, 9.17) is 17.3 Å². The van der Waals surface area contributed by atoms with Crippen LogP contribution in [0.2, 0.25) is 5.15 Å². The summed E-state index contributed by atoms with van der Waals surface area (Å²) in [4.78, 5) is 28.3. The predicted molar refractivity (Wildman–Crippen MR) is 78.1 cm³/mol. The van der Waals surface area contributed by atoms with Crippen LogP contribution < -0.4 is 11.1 Å². The Balaban J connectivity index is 1.90. The third-order valence-electron chi connectivity index (χ3n) is 2.65. The molecule has 0 aromatic carbocycles. The predicted octanol–water partition coefficient (Wildman–Crippen LogP) is 2.21. The van der Waals surface area contributed by atoms with Crippen molar-refractivity contribution in [2.24, 2.45) is 0 Å².